The maximum absolute atomic E-state index is 12.7. The van der Waals surface area contributed by atoms with Crippen molar-refractivity contribution < 1.29 is 4.79 Å². The van der Waals surface area contributed by atoms with E-state index in [-0.39, 0.29) is 11.3 Å². The summed E-state index contributed by atoms with van der Waals surface area (Å²) in [7, 11) is 1.94. The fourth-order valence-corrected chi connectivity index (χ4v) is 3.50. The van der Waals surface area contributed by atoms with Crippen molar-refractivity contribution in [2.75, 3.05) is 6.54 Å². The van der Waals surface area contributed by atoms with Crippen LogP contribution in [0.4, 0.5) is 0 Å². The van der Waals surface area contributed by atoms with Gasteiger partial charge in [0.25, 0.3) is 5.91 Å². The van der Waals surface area contributed by atoms with E-state index in [1.165, 1.54) is 0 Å². The molecule has 1 N–H and O–H groups in total. The molecule has 0 atom stereocenters. The molecule has 5 nitrogen and oxygen atoms in total. The summed E-state index contributed by atoms with van der Waals surface area (Å²) >= 11 is 0. The Morgan fingerprint density at radius 2 is 1.96 bits per heavy atom. The summed E-state index contributed by atoms with van der Waals surface area (Å²) in [6.07, 6.45) is 6.14. The number of carbonyl (C=O) groups excluding carboxylic acids is 1. The molecule has 1 aliphatic carbocycles. The van der Waals surface area contributed by atoms with E-state index in [4.69, 9.17) is 0 Å². The Morgan fingerprint density at radius 1 is 1.19 bits per heavy atom. The van der Waals surface area contributed by atoms with E-state index in [2.05, 4.69) is 27.0 Å². The molecule has 5 heteroatoms. The molecule has 1 saturated carbocycles. The molecule has 1 fully saturated rings. The van der Waals surface area contributed by atoms with Crippen LogP contribution in [0.15, 0.2) is 54.9 Å². The van der Waals surface area contributed by atoms with E-state index < -0.39 is 0 Å². The van der Waals surface area contributed by atoms with E-state index in [1.54, 1.807) is 0 Å². The molecule has 26 heavy (non-hydrogen) atoms. The summed E-state index contributed by atoms with van der Waals surface area (Å²) in [6, 6.07) is 14.0. The highest BCUT2D eigenvalue weighted by atomic mass is 16.1. The number of rotatable bonds is 6. The van der Waals surface area contributed by atoms with Gasteiger partial charge >= 0.3 is 0 Å². The fraction of sp³-hybridized carbons (Fsp3) is 0.333. The van der Waals surface area contributed by atoms with Crippen molar-refractivity contribution in [3.63, 3.8) is 0 Å². The van der Waals surface area contributed by atoms with Crippen molar-refractivity contribution >= 4 is 5.91 Å². The van der Waals surface area contributed by atoms with Crippen molar-refractivity contribution in [2.24, 2.45) is 12.5 Å². The third kappa shape index (κ3) is 3.17. The fourth-order valence-electron chi connectivity index (χ4n) is 3.50. The number of amides is 1. The van der Waals surface area contributed by atoms with Gasteiger partial charge in [0.05, 0.1) is 0 Å². The normalized spacial score (nSPS) is 15.0. The number of aromatic nitrogens is 3. The maximum atomic E-state index is 12.7. The first-order valence-corrected chi connectivity index (χ1v) is 9.05. The van der Waals surface area contributed by atoms with Gasteiger partial charge in [-0.3, -0.25) is 4.79 Å². The summed E-state index contributed by atoms with van der Waals surface area (Å²) in [5.74, 6) is 1.01. The van der Waals surface area contributed by atoms with Gasteiger partial charge in [0.2, 0.25) is 0 Å². The summed E-state index contributed by atoms with van der Waals surface area (Å²) < 4.78 is 4.14. The molecule has 2 aromatic heterocycles. The first-order chi connectivity index (χ1) is 12.6. The lowest BCUT2D eigenvalue weighted by molar-refractivity contribution is 0.0935. The SMILES string of the molecule is Cc1nccn1CC1(CNC(=O)c2ccc(-c3ccccc3)n2C)CC1. The molecule has 0 bridgehead atoms. The second kappa shape index (κ2) is 6.48. The zero-order valence-electron chi connectivity index (χ0n) is 15.3. The zero-order valence-corrected chi connectivity index (χ0v) is 15.3. The first-order valence-electron chi connectivity index (χ1n) is 9.05. The van der Waals surface area contributed by atoms with E-state index in [9.17, 15) is 4.79 Å². The number of nitrogens with one attached hydrogen (secondary N) is 1. The minimum Gasteiger partial charge on any atom is -0.350 e. The molecule has 0 spiro atoms. The average molecular weight is 348 g/mol. The van der Waals surface area contributed by atoms with Crippen molar-refractivity contribution in [1.82, 2.24) is 19.4 Å². The Kier molecular flexibility index (Phi) is 4.15. The molecular weight excluding hydrogens is 324 g/mol. The Labute approximate surface area is 153 Å². The minimum atomic E-state index is -0.0108. The van der Waals surface area contributed by atoms with Gasteiger partial charge in [-0.2, -0.15) is 0 Å². The quantitative estimate of drug-likeness (QED) is 0.742. The van der Waals surface area contributed by atoms with Crippen molar-refractivity contribution in [1.29, 1.82) is 0 Å². The lowest BCUT2D eigenvalue weighted by atomic mass is 10.1. The molecule has 1 aliphatic rings. The second-order valence-corrected chi connectivity index (χ2v) is 7.31. The van der Waals surface area contributed by atoms with Gasteiger partial charge in [-0.1, -0.05) is 30.3 Å². The predicted molar refractivity (Wildman–Crippen MR) is 102 cm³/mol. The zero-order chi connectivity index (χ0) is 18.1. The van der Waals surface area contributed by atoms with Crippen LogP contribution in [0.1, 0.15) is 29.2 Å². The summed E-state index contributed by atoms with van der Waals surface area (Å²) in [5.41, 5.74) is 3.03. The molecule has 0 aliphatic heterocycles. The minimum absolute atomic E-state index is 0.0108. The van der Waals surface area contributed by atoms with Crippen LogP contribution in [0.3, 0.4) is 0 Å². The van der Waals surface area contributed by atoms with Crippen LogP contribution >= 0.6 is 0 Å². The van der Waals surface area contributed by atoms with Gasteiger partial charge < -0.3 is 14.5 Å². The highest BCUT2D eigenvalue weighted by Gasteiger charge is 2.43. The monoisotopic (exact) mass is 348 g/mol. The molecule has 1 aromatic carbocycles. The maximum Gasteiger partial charge on any atom is 0.267 e. The lowest BCUT2D eigenvalue weighted by Crippen LogP contribution is -2.33. The summed E-state index contributed by atoms with van der Waals surface area (Å²) in [4.78, 5) is 17.0. The van der Waals surface area contributed by atoms with Crippen molar-refractivity contribution in [3.05, 3.63) is 66.4 Å². The number of hydrogen-bond acceptors (Lipinski definition) is 2. The van der Waals surface area contributed by atoms with Crippen LogP contribution in [-0.2, 0) is 13.6 Å². The predicted octanol–water partition coefficient (Wildman–Crippen LogP) is 3.41. The van der Waals surface area contributed by atoms with Gasteiger partial charge in [-0.15, -0.1) is 0 Å². The molecule has 1 amide bonds. The molecule has 2 heterocycles. The molecule has 0 unspecified atom stereocenters. The molecule has 3 aromatic rings. The average Bonchev–Trinajstić information content (AvgIpc) is 3.14. The van der Waals surface area contributed by atoms with E-state index in [0.717, 1.165) is 36.5 Å². The highest BCUT2D eigenvalue weighted by molar-refractivity contribution is 5.93. The van der Waals surface area contributed by atoms with Crippen molar-refractivity contribution in [2.45, 2.75) is 26.3 Å². The molecule has 134 valence electrons. The van der Waals surface area contributed by atoms with Gasteiger partial charge in [0.15, 0.2) is 0 Å². The second-order valence-electron chi connectivity index (χ2n) is 7.31. The van der Waals surface area contributed by atoms with E-state index in [0.29, 0.717) is 12.2 Å². The Hall–Kier alpha value is -2.82. The number of nitrogens with zero attached hydrogens (tertiary/aromatic N) is 3. The third-order valence-corrected chi connectivity index (χ3v) is 5.43. The Balaban J connectivity index is 1.43. The number of hydrogen-bond donors (Lipinski definition) is 1. The Morgan fingerprint density at radius 3 is 2.62 bits per heavy atom. The van der Waals surface area contributed by atoms with Gasteiger partial charge in [-0.25, -0.2) is 4.98 Å². The third-order valence-electron chi connectivity index (χ3n) is 5.43. The smallest absolute Gasteiger partial charge is 0.267 e. The first kappa shape index (κ1) is 16.6. The van der Waals surface area contributed by atoms with Gasteiger partial charge in [-0.05, 0) is 37.5 Å². The van der Waals surface area contributed by atoms with Crippen LogP contribution < -0.4 is 5.32 Å². The lowest BCUT2D eigenvalue weighted by Gasteiger charge is -2.18. The largest absolute Gasteiger partial charge is 0.350 e. The topological polar surface area (TPSA) is 51.9 Å². The molecule has 4 rings (SSSR count). The van der Waals surface area contributed by atoms with Crippen LogP contribution in [0.25, 0.3) is 11.3 Å². The van der Waals surface area contributed by atoms with Crippen LogP contribution in [0.5, 0.6) is 0 Å². The van der Waals surface area contributed by atoms with E-state index >= 15 is 0 Å². The highest BCUT2D eigenvalue weighted by Crippen LogP contribution is 2.46. The van der Waals surface area contributed by atoms with Gasteiger partial charge in [0.1, 0.15) is 11.5 Å². The summed E-state index contributed by atoms with van der Waals surface area (Å²) in [5, 5.41) is 3.15. The van der Waals surface area contributed by atoms with Crippen LogP contribution in [0.2, 0.25) is 0 Å². The standard InChI is InChI=1S/C21H24N4O/c1-16-22-12-13-25(16)15-21(10-11-21)14-23-20(26)19-9-8-18(24(19)2)17-6-4-3-5-7-17/h3-9,12-13H,10-11,14-15H2,1-2H3,(H,23,26). The van der Waals surface area contributed by atoms with Crippen LogP contribution in [0, 0.1) is 12.3 Å². The van der Waals surface area contributed by atoms with Crippen LogP contribution in [-0.4, -0.2) is 26.6 Å². The number of imidazole rings is 1. The van der Waals surface area contributed by atoms with E-state index in [1.807, 2.05) is 61.3 Å². The molecule has 0 saturated heterocycles. The molecule has 0 radical (unpaired) electrons. The van der Waals surface area contributed by atoms with Gasteiger partial charge in [0, 0.05) is 43.6 Å². The number of carbonyl (C=O) groups is 1. The molecular formula is C21H24N4O. The Bertz CT molecular complexity index is 919. The van der Waals surface area contributed by atoms with Crippen molar-refractivity contribution in [3.8, 4) is 11.3 Å². The summed E-state index contributed by atoms with van der Waals surface area (Å²) in [6.45, 7) is 3.64. The number of aryl methyl sites for hydroxylation is 1. The number of benzene rings is 1.